The molecule has 0 aliphatic heterocycles. The summed E-state index contributed by atoms with van der Waals surface area (Å²) in [6, 6.07) is 4.14. The Hall–Kier alpha value is -0.600. The number of hydrogen-bond acceptors (Lipinski definition) is 2. The summed E-state index contributed by atoms with van der Waals surface area (Å²) in [6.07, 6.45) is 1.71. The second-order valence-electron chi connectivity index (χ2n) is 2.42. The third-order valence-corrected chi connectivity index (χ3v) is 1.89. The third-order valence-electron chi connectivity index (χ3n) is 1.68. The van der Waals surface area contributed by atoms with Gasteiger partial charge in [-0.2, -0.15) is 0 Å². The molecule has 3 heteroatoms. The van der Waals surface area contributed by atoms with Crippen LogP contribution in [0.4, 0.5) is 0 Å². The number of halogens is 1. The zero-order valence-corrected chi connectivity index (χ0v) is 7.39. The van der Waals surface area contributed by atoms with Gasteiger partial charge >= 0.3 is 0 Å². The second kappa shape index (κ2) is 3.69. The van der Waals surface area contributed by atoms with Gasteiger partial charge in [0.15, 0.2) is 0 Å². The van der Waals surface area contributed by atoms with E-state index in [1.807, 2.05) is 19.2 Å². The first-order chi connectivity index (χ1) is 5.24. The molecule has 0 bridgehead atoms. The van der Waals surface area contributed by atoms with Crippen LogP contribution in [0.3, 0.4) is 0 Å². The molecule has 1 unspecified atom stereocenters. The molecule has 2 nitrogen and oxygen atoms in total. The fourth-order valence-corrected chi connectivity index (χ4v) is 1.04. The molecule has 0 aliphatic rings. The molecule has 1 rings (SSSR count). The molecule has 1 N–H and O–H groups in total. The summed E-state index contributed by atoms with van der Waals surface area (Å²) >= 11 is 5.71. The van der Waals surface area contributed by atoms with Crippen molar-refractivity contribution < 1.29 is 0 Å². The topological polar surface area (TPSA) is 24.9 Å². The summed E-state index contributed by atoms with van der Waals surface area (Å²) in [5.41, 5.74) is 1.16. The van der Waals surface area contributed by atoms with E-state index in [0.29, 0.717) is 11.2 Å². The maximum atomic E-state index is 5.71. The standard InChI is InChI=1S/C8H11ClN2/c1-6(10-2)7-3-4-11-8(9)5-7/h3-6,10H,1-2H3. The lowest BCUT2D eigenvalue weighted by molar-refractivity contribution is 0.651. The van der Waals surface area contributed by atoms with Gasteiger partial charge < -0.3 is 5.32 Å². The molecule has 1 heterocycles. The van der Waals surface area contributed by atoms with Crippen molar-refractivity contribution in [2.75, 3.05) is 7.05 Å². The Bertz CT molecular complexity index is 237. The number of aromatic nitrogens is 1. The molecule has 0 saturated carbocycles. The molecule has 60 valence electrons. The molecule has 0 aromatic carbocycles. The zero-order chi connectivity index (χ0) is 8.27. The van der Waals surface area contributed by atoms with Gasteiger partial charge in [0.05, 0.1) is 0 Å². The number of pyridine rings is 1. The van der Waals surface area contributed by atoms with E-state index in [-0.39, 0.29) is 0 Å². The quantitative estimate of drug-likeness (QED) is 0.687. The summed E-state index contributed by atoms with van der Waals surface area (Å²) in [6.45, 7) is 2.08. The average Bonchev–Trinajstić information content (AvgIpc) is 2.03. The largest absolute Gasteiger partial charge is 0.313 e. The minimum absolute atomic E-state index is 0.329. The van der Waals surface area contributed by atoms with Crippen LogP contribution in [0.2, 0.25) is 5.15 Å². The Morgan fingerprint density at radius 2 is 2.36 bits per heavy atom. The van der Waals surface area contributed by atoms with Crippen LogP contribution in [0.5, 0.6) is 0 Å². The minimum atomic E-state index is 0.329. The van der Waals surface area contributed by atoms with E-state index in [4.69, 9.17) is 11.6 Å². The van der Waals surface area contributed by atoms with Crippen molar-refractivity contribution in [2.24, 2.45) is 0 Å². The Labute approximate surface area is 71.6 Å². The van der Waals surface area contributed by atoms with Gasteiger partial charge in [-0.1, -0.05) is 11.6 Å². The van der Waals surface area contributed by atoms with Gasteiger partial charge in [0, 0.05) is 12.2 Å². The van der Waals surface area contributed by atoms with Crippen LogP contribution in [-0.4, -0.2) is 12.0 Å². The molecular formula is C8H11ClN2. The van der Waals surface area contributed by atoms with Crippen LogP contribution in [0.1, 0.15) is 18.5 Å². The predicted molar refractivity (Wildman–Crippen MR) is 46.7 cm³/mol. The average molecular weight is 171 g/mol. The van der Waals surface area contributed by atoms with Crippen molar-refractivity contribution in [3.05, 3.63) is 29.0 Å². The predicted octanol–water partition coefficient (Wildman–Crippen LogP) is 2.02. The number of rotatable bonds is 2. The lowest BCUT2D eigenvalue weighted by atomic mass is 10.1. The number of hydrogen-bond donors (Lipinski definition) is 1. The van der Waals surface area contributed by atoms with Gasteiger partial charge in [0.1, 0.15) is 5.15 Å². The molecule has 0 spiro atoms. The van der Waals surface area contributed by atoms with Crippen LogP contribution >= 0.6 is 11.6 Å². The molecule has 0 radical (unpaired) electrons. The van der Waals surface area contributed by atoms with Crippen molar-refractivity contribution in [3.8, 4) is 0 Å². The second-order valence-corrected chi connectivity index (χ2v) is 2.81. The zero-order valence-electron chi connectivity index (χ0n) is 6.63. The minimum Gasteiger partial charge on any atom is -0.313 e. The molecule has 0 fully saturated rings. The fraction of sp³-hybridized carbons (Fsp3) is 0.375. The highest BCUT2D eigenvalue weighted by Crippen LogP contribution is 2.13. The van der Waals surface area contributed by atoms with Gasteiger partial charge in [0.2, 0.25) is 0 Å². The van der Waals surface area contributed by atoms with Crippen molar-refractivity contribution in [1.82, 2.24) is 10.3 Å². The fourth-order valence-electron chi connectivity index (χ4n) is 0.853. The first-order valence-corrected chi connectivity index (χ1v) is 3.90. The molecule has 0 aliphatic carbocycles. The maximum absolute atomic E-state index is 5.71. The first kappa shape index (κ1) is 8.50. The van der Waals surface area contributed by atoms with Crippen molar-refractivity contribution >= 4 is 11.6 Å². The molecule has 1 aromatic heterocycles. The van der Waals surface area contributed by atoms with Gasteiger partial charge in [-0.25, -0.2) is 4.98 Å². The highest BCUT2D eigenvalue weighted by Gasteiger charge is 2.01. The van der Waals surface area contributed by atoms with E-state index < -0.39 is 0 Å². The van der Waals surface area contributed by atoms with E-state index in [2.05, 4.69) is 17.2 Å². The number of nitrogens with zero attached hydrogens (tertiary/aromatic N) is 1. The summed E-state index contributed by atoms with van der Waals surface area (Å²) < 4.78 is 0. The Morgan fingerprint density at radius 3 is 2.91 bits per heavy atom. The van der Waals surface area contributed by atoms with Crippen molar-refractivity contribution in [1.29, 1.82) is 0 Å². The lowest BCUT2D eigenvalue weighted by Crippen LogP contribution is -2.12. The Kier molecular flexibility index (Phi) is 2.85. The number of nitrogens with one attached hydrogen (secondary N) is 1. The molecule has 11 heavy (non-hydrogen) atoms. The highest BCUT2D eigenvalue weighted by molar-refractivity contribution is 6.29. The maximum Gasteiger partial charge on any atom is 0.129 e. The molecule has 1 atom stereocenters. The Morgan fingerprint density at radius 1 is 1.64 bits per heavy atom. The van der Waals surface area contributed by atoms with Crippen molar-refractivity contribution in [2.45, 2.75) is 13.0 Å². The van der Waals surface area contributed by atoms with E-state index in [0.717, 1.165) is 5.56 Å². The van der Waals surface area contributed by atoms with Gasteiger partial charge in [0.25, 0.3) is 0 Å². The van der Waals surface area contributed by atoms with Crippen LogP contribution < -0.4 is 5.32 Å². The summed E-state index contributed by atoms with van der Waals surface area (Å²) in [4.78, 5) is 3.89. The van der Waals surface area contributed by atoms with E-state index in [1.165, 1.54) is 0 Å². The molecule has 1 aromatic rings. The van der Waals surface area contributed by atoms with Gasteiger partial charge in [-0.05, 0) is 31.7 Å². The lowest BCUT2D eigenvalue weighted by Gasteiger charge is -2.09. The Balaban J connectivity index is 2.86. The molecule has 0 amide bonds. The third kappa shape index (κ3) is 2.17. The normalized spacial score (nSPS) is 13.0. The van der Waals surface area contributed by atoms with Crippen LogP contribution in [-0.2, 0) is 0 Å². The van der Waals surface area contributed by atoms with Gasteiger partial charge in [-0.15, -0.1) is 0 Å². The summed E-state index contributed by atoms with van der Waals surface area (Å²) in [7, 11) is 1.92. The summed E-state index contributed by atoms with van der Waals surface area (Å²) in [5.74, 6) is 0. The molecular weight excluding hydrogens is 160 g/mol. The van der Waals surface area contributed by atoms with Crippen molar-refractivity contribution in [3.63, 3.8) is 0 Å². The first-order valence-electron chi connectivity index (χ1n) is 3.52. The van der Waals surface area contributed by atoms with E-state index in [1.54, 1.807) is 6.20 Å². The van der Waals surface area contributed by atoms with E-state index in [9.17, 15) is 0 Å². The smallest absolute Gasteiger partial charge is 0.129 e. The van der Waals surface area contributed by atoms with Crippen LogP contribution in [0, 0.1) is 0 Å². The highest BCUT2D eigenvalue weighted by atomic mass is 35.5. The molecule has 0 saturated heterocycles. The van der Waals surface area contributed by atoms with Crippen LogP contribution in [0.25, 0.3) is 0 Å². The van der Waals surface area contributed by atoms with E-state index >= 15 is 0 Å². The monoisotopic (exact) mass is 170 g/mol. The summed E-state index contributed by atoms with van der Waals surface area (Å²) in [5, 5.41) is 3.67. The van der Waals surface area contributed by atoms with Gasteiger partial charge in [-0.3, -0.25) is 0 Å². The van der Waals surface area contributed by atoms with Crippen LogP contribution in [0.15, 0.2) is 18.3 Å². The SMILES string of the molecule is CNC(C)c1ccnc(Cl)c1.